The molecule has 0 bridgehead atoms. The van der Waals surface area contributed by atoms with Crippen LogP contribution in [0.2, 0.25) is 0 Å². The molecule has 0 aliphatic carbocycles. The zero-order chi connectivity index (χ0) is 19.3. The lowest BCUT2D eigenvalue weighted by Gasteiger charge is -2.37. The minimum Gasteiger partial charge on any atom is -0.491 e. The van der Waals surface area contributed by atoms with Crippen LogP contribution in [0, 0.1) is 0 Å². The van der Waals surface area contributed by atoms with E-state index in [1.165, 1.54) is 11.3 Å². The zero-order valence-corrected chi connectivity index (χ0v) is 16.9. The molecule has 3 heterocycles. The Morgan fingerprint density at radius 3 is 2.71 bits per heavy atom. The van der Waals surface area contributed by atoms with Crippen LogP contribution in [0.15, 0.2) is 47.7 Å². The van der Waals surface area contributed by atoms with Crippen molar-refractivity contribution in [2.24, 2.45) is 5.10 Å². The normalized spacial score (nSPS) is 17.8. The van der Waals surface area contributed by atoms with Crippen LogP contribution in [0.1, 0.15) is 24.6 Å². The number of nitrogens with zero attached hydrogens (tertiary/aromatic N) is 4. The van der Waals surface area contributed by atoms with Crippen molar-refractivity contribution >= 4 is 28.7 Å². The Kier molecular flexibility index (Phi) is 5.71. The molecule has 0 radical (unpaired) electrons. The van der Waals surface area contributed by atoms with Crippen molar-refractivity contribution in [2.75, 3.05) is 37.7 Å². The molecule has 1 saturated heterocycles. The van der Waals surface area contributed by atoms with Gasteiger partial charge < -0.3 is 14.5 Å². The second-order valence-electron chi connectivity index (χ2n) is 6.92. The van der Waals surface area contributed by atoms with Gasteiger partial charge in [-0.05, 0) is 48.5 Å². The highest BCUT2D eigenvalue weighted by molar-refractivity contribution is 7.80. The van der Waals surface area contributed by atoms with E-state index in [1.54, 1.807) is 6.20 Å². The fourth-order valence-corrected chi connectivity index (χ4v) is 3.73. The number of benzene rings is 1. The lowest BCUT2D eigenvalue weighted by molar-refractivity contribution is 0.318. The molecule has 0 atom stereocenters. The number of aromatic nitrogens is 1. The topological polar surface area (TPSA) is 53.0 Å². The molecule has 0 unspecified atom stereocenters. The Bertz CT molecular complexity index is 859. The molecule has 6 nitrogen and oxygen atoms in total. The lowest BCUT2D eigenvalue weighted by atomic mass is 10.1. The van der Waals surface area contributed by atoms with Crippen molar-refractivity contribution in [1.29, 1.82) is 0 Å². The summed E-state index contributed by atoms with van der Waals surface area (Å²) in [5, 5.41) is 5.19. The smallest absolute Gasteiger partial charge is 0.189 e. The molecule has 28 heavy (non-hydrogen) atoms. The van der Waals surface area contributed by atoms with E-state index in [0.717, 1.165) is 56.2 Å². The number of pyridine rings is 1. The van der Waals surface area contributed by atoms with Crippen LogP contribution in [0.5, 0.6) is 5.75 Å². The number of rotatable bonds is 3. The average molecular weight is 396 g/mol. The third-order valence-corrected chi connectivity index (χ3v) is 5.55. The Labute approximate surface area is 171 Å². The van der Waals surface area contributed by atoms with Gasteiger partial charge in [0, 0.05) is 44.5 Å². The number of aryl methyl sites for hydroxylation is 1. The summed E-state index contributed by atoms with van der Waals surface area (Å²) in [5.41, 5.74) is 7.40. The maximum Gasteiger partial charge on any atom is 0.189 e. The number of piperazine rings is 1. The molecule has 0 saturated carbocycles. The van der Waals surface area contributed by atoms with Crippen LogP contribution in [-0.2, 0) is 6.42 Å². The lowest BCUT2D eigenvalue weighted by Crippen LogP contribution is -2.51. The largest absolute Gasteiger partial charge is 0.491 e. The Morgan fingerprint density at radius 1 is 1.18 bits per heavy atom. The fourth-order valence-electron chi connectivity index (χ4n) is 3.50. The third-order valence-electron chi connectivity index (χ3n) is 5.20. The van der Waals surface area contributed by atoms with Crippen molar-refractivity contribution in [3.8, 4) is 5.75 Å². The fraction of sp³-hybridized carbons (Fsp3) is 0.381. The first-order valence-electron chi connectivity index (χ1n) is 9.78. The van der Waals surface area contributed by atoms with Crippen molar-refractivity contribution in [3.05, 3.63) is 53.9 Å². The Hall–Kier alpha value is -2.67. The first-order chi connectivity index (χ1) is 13.7. The molecule has 146 valence electrons. The first kappa shape index (κ1) is 18.7. The minimum absolute atomic E-state index is 0.613. The van der Waals surface area contributed by atoms with Gasteiger partial charge in [0.05, 0.1) is 12.3 Å². The van der Waals surface area contributed by atoms with E-state index in [0.29, 0.717) is 11.7 Å². The molecule has 1 aromatic heterocycles. The number of hydrazone groups is 1. The summed E-state index contributed by atoms with van der Waals surface area (Å²) in [6.45, 7) is 6.44. The molecule has 4 rings (SSSR count). The van der Waals surface area contributed by atoms with E-state index in [4.69, 9.17) is 17.0 Å². The molecule has 1 fully saturated rings. The van der Waals surface area contributed by atoms with Gasteiger partial charge in [-0.15, -0.1) is 0 Å². The molecule has 2 aliphatic rings. The third kappa shape index (κ3) is 4.09. The molecule has 2 aromatic rings. The summed E-state index contributed by atoms with van der Waals surface area (Å²) in [6, 6.07) is 12.6. The van der Waals surface area contributed by atoms with Gasteiger partial charge in [0.25, 0.3) is 0 Å². The quantitative estimate of drug-likeness (QED) is 0.637. The van der Waals surface area contributed by atoms with Crippen molar-refractivity contribution in [2.45, 2.75) is 19.8 Å². The molecule has 7 heteroatoms. The highest BCUT2D eigenvalue weighted by Gasteiger charge is 2.21. The second-order valence-corrected chi connectivity index (χ2v) is 7.30. The molecule has 0 amide bonds. The van der Waals surface area contributed by atoms with Gasteiger partial charge in [-0.1, -0.05) is 19.1 Å². The van der Waals surface area contributed by atoms with Crippen LogP contribution >= 0.6 is 12.2 Å². The number of fused-ring (bicyclic) bond motifs is 1. The summed E-state index contributed by atoms with van der Waals surface area (Å²) in [5.74, 6) is 0.780. The maximum atomic E-state index is 5.63. The van der Waals surface area contributed by atoms with Crippen molar-refractivity contribution in [1.82, 2.24) is 15.3 Å². The van der Waals surface area contributed by atoms with Gasteiger partial charge in [-0.3, -0.25) is 10.4 Å². The summed E-state index contributed by atoms with van der Waals surface area (Å²) in [6.07, 6.45) is 3.55. The predicted octanol–water partition coefficient (Wildman–Crippen LogP) is 2.83. The molecule has 1 aromatic carbocycles. The van der Waals surface area contributed by atoms with Gasteiger partial charge in [0.15, 0.2) is 5.11 Å². The van der Waals surface area contributed by atoms with Gasteiger partial charge >= 0.3 is 0 Å². The number of anilines is 1. The number of hydrogen-bond donors (Lipinski definition) is 1. The Morgan fingerprint density at radius 2 is 1.96 bits per heavy atom. The van der Waals surface area contributed by atoms with E-state index < -0.39 is 0 Å². The number of nitrogens with one attached hydrogen (secondary N) is 1. The van der Waals surface area contributed by atoms with E-state index in [-0.39, 0.29) is 0 Å². The SMILES string of the molecule is CCc1ccc(N2CCN(C(=S)N/N=C3/CCOc4cccnc43)CC2)cc1. The summed E-state index contributed by atoms with van der Waals surface area (Å²) < 4.78 is 5.63. The molecule has 0 spiro atoms. The molecular formula is C21H25N5OS. The highest BCUT2D eigenvalue weighted by atomic mass is 32.1. The monoisotopic (exact) mass is 395 g/mol. The number of thiocarbonyl (C=S) groups is 1. The highest BCUT2D eigenvalue weighted by Crippen LogP contribution is 2.22. The molecule has 2 aliphatic heterocycles. The summed E-state index contributed by atoms with van der Waals surface area (Å²) in [4.78, 5) is 8.97. The van der Waals surface area contributed by atoms with E-state index in [2.05, 4.69) is 56.5 Å². The zero-order valence-electron chi connectivity index (χ0n) is 16.1. The van der Waals surface area contributed by atoms with E-state index >= 15 is 0 Å². The van der Waals surface area contributed by atoms with Crippen LogP contribution in [-0.4, -0.2) is 53.5 Å². The van der Waals surface area contributed by atoms with Crippen molar-refractivity contribution < 1.29 is 4.74 Å². The van der Waals surface area contributed by atoms with Crippen LogP contribution in [0.3, 0.4) is 0 Å². The second kappa shape index (κ2) is 8.56. The van der Waals surface area contributed by atoms with Gasteiger partial charge in [0.2, 0.25) is 0 Å². The van der Waals surface area contributed by atoms with Crippen LogP contribution in [0.4, 0.5) is 5.69 Å². The minimum atomic E-state index is 0.613. The summed E-state index contributed by atoms with van der Waals surface area (Å²) in [7, 11) is 0. The van der Waals surface area contributed by atoms with Crippen LogP contribution in [0.25, 0.3) is 0 Å². The first-order valence-corrected chi connectivity index (χ1v) is 10.2. The van der Waals surface area contributed by atoms with E-state index in [9.17, 15) is 0 Å². The van der Waals surface area contributed by atoms with E-state index in [1.807, 2.05) is 12.1 Å². The summed E-state index contributed by atoms with van der Waals surface area (Å²) >= 11 is 5.57. The number of ether oxygens (including phenoxy) is 1. The van der Waals surface area contributed by atoms with Crippen molar-refractivity contribution in [3.63, 3.8) is 0 Å². The van der Waals surface area contributed by atoms with Gasteiger partial charge in [-0.2, -0.15) is 5.10 Å². The Balaban J connectivity index is 1.33. The average Bonchev–Trinajstić information content (AvgIpc) is 2.77. The maximum absolute atomic E-state index is 5.63. The molecule has 1 N–H and O–H groups in total. The number of hydrogen-bond acceptors (Lipinski definition) is 5. The van der Waals surface area contributed by atoms with Gasteiger partial charge in [-0.25, -0.2) is 0 Å². The van der Waals surface area contributed by atoms with Gasteiger partial charge in [0.1, 0.15) is 11.4 Å². The standard InChI is InChI=1S/C21H25N5OS/c1-2-16-5-7-17(8-6-16)25-11-13-26(14-12-25)21(28)24-23-18-9-15-27-19-4-3-10-22-20(18)19/h3-8,10H,2,9,11-15H2,1H3,(H,24,28)/b23-18-. The van der Waals surface area contributed by atoms with Crippen LogP contribution < -0.4 is 15.1 Å². The molecular weight excluding hydrogens is 370 g/mol. The predicted molar refractivity (Wildman–Crippen MR) is 116 cm³/mol.